The van der Waals surface area contributed by atoms with Gasteiger partial charge in [-0.1, -0.05) is 80.3 Å². The highest BCUT2D eigenvalue weighted by molar-refractivity contribution is 6.43. The number of carboxylic acids is 1. The zero-order valence-electron chi connectivity index (χ0n) is 18.6. The van der Waals surface area contributed by atoms with Crippen LogP contribution in [-0.2, 0) is 14.4 Å². The number of hydrogen-bond acceptors (Lipinski definition) is 4. The second-order valence-electron chi connectivity index (χ2n) is 9.58. The molecule has 2 saturated heterocycles. The van der Waals surface area contributed by atoms with Gasteiger partial charge in [0.15, 0.2) is 0 Å². The smallest absolute Gasteiger partial charge is 0.324 e. The summed E-state index contributed by atoms with van der Waals surface area (Å²) in [6, 6.07) is 2.33. The van der Waals surface area contributed by atoms with Crippen molar-refractivity contribution in [2.24, 2.45) is 17.8 Å². The van der Waals surface area contributed by atoms with Crippen molar-refractivity contribution in [1.82, 2.24) is 10.2 Å². The summed E-state index contributed by atoms with van der Waals surface area (Å²) in [5.74, 6) is -3.56. The van der Waals surface area contributed by atoms with E-state index in [-0.39, 0.29) is 28.4 Å². The number of carbonyl (C=O) groups excluding carboxylic acids is 2. The number of nitrogens with zero attached hydrogens (tertiary/aromatic N) is 1. The maximum atomic E-state index is 13.6. The van der Waals surface area contributed by atoms with Crippen molar-refractivity contribution in [1.29, 1.82) is 0 Å². The zero-order valence-corrected chi connectivity index (χ0v) is 20.8. The fourth-order valence-electron chi connectivity index (χ4n) is 5.99. The fraction of sp³-hybridized carbons (Fsp3) is 0.625. The molecule has 33 heavy (non-hydrogen) atoms. The van der Waals surface area contributed by atoms with Crippen molar-refractivity contribution < 1.29 is 19.5 Å². The second kappa shape index (κ2) is 9.73. The Balaban J connectivity index is 1.82. The summed E-state index contributed by atoms with van der Waals surface area (Å²) in [5, 5.41) is 14.5. The van der Waals surface area contributed by atoms with Gasteiger partial charge < -0.3 is 5.11 Å². The monoisotopic (exact) mass is 514 g/mol. The van der Waals surface area contributed by atoms with Crippen molar-refractivity contribution >= 4 is 52.6 Å². The normalized spacial score (nSPS) is 30.2. The molecule has 2 aliphatic heterocycles. The van der Waals surface area contributed by atoms with Gasteiger partial charge >= 0.3 is 5.97 Å². The molecule has 1 saturated carbocycles. The molecule has 0 aromatic heterocycles. The molecule has 9 heteroatoms. The number of benzene rings is 1. The Hall–Kier alpha value is -1.34. The standard InChI is InChI=1S/C24H29Cl3N2O4/c1-2-3-9-29-21(30)17-18(22(29)31)24(23(32)33,12-13-7-5-4-6-8-13)28-20(17)15-10-14(25)11-16(26)19(15)27/h10-11,13,17-18,20,28H,2-9,12H2,1H3,(H,32,33). The quantitative estimate of drug-likeness (QED) is 0.371. The third kappa shape index (κ3) is 4.29. The predicted octanol–water partition coefficient (Wildman–Crippen LogP) is 5.49. The number of likely N-dealkylation sites (tertiary alicyclic amines) is 1. The first-order chi connectivity index (χ1) is 15.7. The molecule has 180 valence electrons. The lowest BCUT2D eigenvalue weighted by Gasteiger charge is -2.35. The number of carboxylic acid groups (broad SMARTS) is 1. The van der Waals surface area contributed by atoms with E-state index in [0.717, 1.165) is 38.5 Å². The van der Waals surface area contributed by atoms with E-state index >= 15 is 0 Å². The van der Waals surface area contributed by atoms with Gasteiger partial charge in [0.05, 0.1) is 21.9 Å². The summed E-state index contributed by atoms with van der Waals surface area (Å²) in [5.41, 5.74) is -1.10. The Morgan fingerprint density at radius 3 is 2.48 bits per heavy atom. The van der Waals surface area contributed by atoms with Crippen LogP contribution in [0.15, 0.2) is 12.1 Å². The Kier molecular flexibility index (Phi) is 7.30. The molecule has 4 unspecified atom stereocenters. The van der Waals surface area contributed by atoms with Gasteiger partial charge in [-0.05, 0) is 36.5 Å². The molecule has 0 spiro atoms. The second-order valence-corrected chi connectivity index (χ2v) is 10.8. The summed E-state index contributed by atoms with van der Waals surface area (Å²) < 4.78 is 0. The molecule has 3 fully saturated rings. The van der Waals surface area contributed by atoms with Crippen molar-refractivity contribution in [2.45, 2.75) is 69.9 Å². The first-order valence-electron chi connectivity index (χ1n) is 11.7. The minimum absolute atomic E-state index is 0.174. The van der Waals surface area contributed by atoms with Crippen molar-refractivity contribution in [2.75, 3.05) is 6.54 Å². The number of fused-ring (bicyclic) bond motifs is 1. The van der Waals surface area contributed by atoms with E-state index in [0.29, 0.717) is 23.4 Å². The van der Waals surface area contributed by atoms with Gasteiger partial charge in [-0.2, -0.15) is 0 Å². The van der Waals surface area contributed by atoms with Crippen LogP contribution in [0.3, 0.4) is 0 Å². The molecule has 1 aromatic carbocycles. The molecular formula is C24H29Cl3N2O4. The lowest BCUT2D eigenvalue weighted by Crippen LogP contribution is -2.56. The molecular weight excluding hydrogens is 487 g/mol. The number of hydrogen-bond donors (Lipinski definition) is 2. The van der Waals surface area contributed by atoms with Gasteiger partial charge in [-0.3, -0.25) is 24.6 Å². The minimum atomic E-state index is -1.55. The first kappa shape index (κ1) is 24.8. The Labute approximate surface area is 208 Å². The molecule has 4 atom stereocenters. The van der Waals surface area contributed by atoms with Gasteiger partial charge in [-0.25, -0.2) is 0 Å². The molecule has 1 aromatic rings. The van der Waals surface area contributed by atoms with Crippen LogP contribution in [0.2, 0.25) is 15.1 Å². The summed E-state index contributed by atoms with van der Waals surface area (Å²) >= 11 is 19.0. The lowest BCUT2D eigenvalue weighted by molar-refractivity contribution is -0.152. The minimum Gasteiger partial charge on any atom is -0.480 e. The van der Waals surface area contributed by atoms with E-state index in [9.17, 15) is 19.5 Å². The number of imide groups is 1. The van der Waals surface area contributed by atoms with E-state index in [4.69, 9.17) is 34.8 Å². The van der Waals surface area contributed by atoms with Crippen LogP contribution in [-0.4, -0.2) is 39.9 Å². The Morgan fingerprint density at radius 2 is 1.85 bits per heavy atom. The van der Waals surface area contributed by atoms with Crippen molar-refractivity contribution in [3.05, 3.63) is 32.8 Å². The zero-order chi connectivity index (χ0) is 23.9. The number of rotatable bonds is 7. The SMILES string of the molecule is CCCCN1C(=O)C2C(c3cc(Cl)cc(Cl)c3Cl)NC(CC3CCCCC3)(C(=O)O)C2C1=O. The number of carbonyl (C=O) groups is 3. The molecule has 4 rings (SSSR count). The highest BCUT2D eigenvalue weighted by Gasteiger charge is 2.68. The molecule has 0 radical (unpaired) electrons. The molecule has 6 nitrogen and oxygen atoms in total. The average Bonchev–Trinajstić information content (AvgIpc) is 3.24. The maximum Gasteiger partial charge on any atom is 0.324 e. The Bertz CT molecular complexity index is 965. The first-order valence-corrected chi connectivity index (χ1v) is 12.9. The van der Waals surface area contributed by atoms with Gasteiger partial charge in [0.25, 0.3) is 0 Å². The number of unbranched alkanes of at least 4 members (excludes halogenated alkanes) is 1. The van der Waals surface area contributed by atoms with Gasteiger partial charge in [0, 0.05) is 17.6 Å². The van der Waals surface area contributed by atoms with Gasteiger partial charge in [-0.15, -0.1) is 0 Å². The third-order valence-electron chi connectivity index (χ3n) is 7.55. The maximum absolute atomic E-state index is 13.6. The summed E-state index contributed by atoms with van der Waals surface area (Å²) in [4.78, 5) is 41.2. The highest BCUT2D eigenvalue weighted by atomic mass is 35.5. The van der Waals surface area contributed by atoms with E-state index in [1.165, 1.54) is 11.0 Å². The molecule has 2 amide bonds. The highest BCUT2D eigenvalue weighted by Crippen LogP contribution is 2.53. The number of halogens is 3. The van der Waals surface area contributed by atoms with E-state index in [2.05, 4.69) is 5.32 Å². The number of amides is 2. The van der Waals surface area contributed by atoms with Crippen LogP contribution < -0.4 is 5.32 Å². The summed E-state index contributed by atoms with van der Waals surface area (Å²) in [6.07, 6.45) is 6.85. The van der Waals surface area contributed by atoms with Crippen molar-refractivity contribution in [3.8, 4) is 0 Å². The van der Waals surface area contributed by atoms with Gasteiger partial charge in [0.1, 0.15) is 5.54 Å². The van der Waals surface area contributed by atoms with E-state index < -0.39 is 35.3 Å². The summed E-state index contributed by atoms with van der Waals surface area (Å²) in [7, 11) is 0. The topological polar surface area (TPSA) is 86.7 Å². The molecule has 0 bridgehead atoms. The van der Waals surface area contributed by atoms with Crippen LogP contribution in [0, 0.1) is 17.8 Å². The molecule has 2 heterocycles. The number of aliphatic carboxylic acids is 1. The molecule has 3 aliphatic rings. The predicted molar refractivity (Wildman–Crippen MR) is 128 cm³/mol. The summed E-state index contributed by atoms with van der Waals surface area (Å²) in [6.45, 7) is 2.27. The third-order valence-corrected chi connectivity index (χ3v) is 8.59. The largest absolute Gasteiger partial charge is 0.480 e. The molecule has 2 N–H and O–H groups in total. The number of nitrogens with one attached hydrogen (secondary N) is 1. The van der Waals surface area contributed by atoms with Crippen LogP contribution in [0.1, 0.15) is 69.9 Å². The fourth-order valence-corrected chi connectivity index (χ4v) is 6.72. The average molecular weight is 516 g/mol. The van der Waals surface area contributed by atoms with Gasteiger partial charge in [0.2, 0.25) is 11.8 Å². The lowest BCUT2D eigenvalue weighted by atomic mass is 9.72. The van der Waals surface area contributed by atoms with Crippen LogP contribution in [0.4, 0.5) is 0 Å². The van der Waals surface area contributed by atoms with E-state index in [1.807, 2.05) is 6.92 Å². The van der Waals surface area contributed by atoms with Crippen LogP contribution >= 0.6 is 34.8 Å². The Morgan fingerprint density at radius 1 is 1.15 bits per heavy atom. The van der Waals surface area contributed by atoms with Crippen LogP contribution in [0.25, 0.3) is 0 Å². The van der Waals surface area contributed by atoms with E-state index in [1.54, 1.807) is 6.07 Å². The van der Waals surface area contributed by atoms with Crippen LogP contribution in [0.5, 0.6) is 0 Å². The molecule has 1 aliphatic carbocycles. The van der Waals surface area contributed by atoms with Crippen molar-refractivity contribution in [3.63, 3.8) is 0 Å².